The first kappa shape index (κ1) is 23.4. The van der Waals surface area contributed by atoms with E-state index < -0.39 is 36.2 Å². The predicted molar refractivity (Wildman–Crippen MR) is 104 cm³/mol. The van der Waals surface area contributed by atoms with E-state index in [-0.39, 0.29) is 18.2 Å². The normalized spacial score (nSPS) is 19.3. The summed E-state index contributed by atoms with van der Waals surface area (Å²) in [5.74, 6) is 0.300. The molecule has 1 N–H and O–H groups in total. The molecule has 1 atom stereocenters. The van der Waals surface area contributed by atoms with Crippen LogP contribution >= 0.6 is 0 Å². The van der Waals surface area contributed by atoms with Gasteiger partial charge in [-0.25, -0.2) is 4.79 Å². The number of alkyl halides is 6. The van der Waals surface area contributed by atoms with Gasteiger partial charge >= 0.3 is 18.4 Å². The molecule has 33 heavy (non-hydrogen) atoms. The van der Waals surface area contributed by atoms with Crippen LogP contribution in [0.3, 0.4) is 0 Å². The van der Waals surface area contributed by atoms with Crippen LogP contribution < -0.4 is 5.32 Å². The molecule has 1 aromatic carbocycles. The average Bonchev–Trinajstić information content (AvgIpc) is 3.36. The van der Waals surface area contributed by atoms with Crippen molar-refractivity contribution in [3.05, 3.63) is 52.3 Å². The molecule has 1 fully saturated rings. The van der Waals surface area contributed by atoms with E-state index in [0.29, 0.717) is 37.6 Å². The summed E-state index contributed by atoms with van der Waals surface area (Å²) in [6.45, 7) is 2.17. The molecule has 1 saturated heterocycles. The molecule has 0 spiro atoms. The number of hydrogen-bond donors (Lipinski definition) is 1. The van der Waals surface area contributed by atoms with Crippen LogP contribution in [0.15, 0.2) is 24.3 Å². The third kappa shape index (κ3) is 5.43. The van der Waals surface area contributed by atoms with Gasteiger partial charge in [0.1, 0.15) is 6.61 Å². The Balaban J connectivity index is 1.45. The third-order valence-corrected chi connectivity index (χ3v) is 5.78. The zero-order chi connectivity index (χ0) is 23.8. The molecule has 0 saturated carbocycles. The lowest BCUT2D eigenvalue weighted by molar-refractivity contribution is -0.143. The molecule has 12 heteroatoms. The van der Waals surface area contributed by atoms with Gasteiger partial charge in [0.2, 0.25) is 0 Å². The van der Waals surface area contributed by atoms with Crippen molar-refractivity contribution in [2.75, 3.05) is 19.6 Å². The maximum absolute atomic E-state index is 13.0. The van der Waals surface area contributed by atoms with Gasteiger partial charge in [0, 0.05) is 25.6 Å². The quantitative estimate of drug-likeness (QED) is 0.661. The van der Waals surface area contributed by atoms with Gasteiger partial charge in [-0.05, 0) is 49.2 Å². The second kappa shape index (κ2) is 8.88. The van der Waals surface area contributed by atoms with E-state index in [9.17, 15) is 31.1 Å². The largest absolute Gasteiger partial charge is 0.445 e. The molecule has 2 aliphatic heterocycles. The first-order valence-corrected chi connectivity index (χ1v) is 10.5. The molecule has 0 radical (unpaired) electrons. The lowest BCUT2D eigenvalue weighted by Gasteiger charge is -2.20. The monoisotopic (exact) mass is 476 g/mol. The molecule has 0 bridgehead atoms. The first-order valence-electron chi connectivity index (χ1n) is 10.5. The Bertz CT molecular complexity index is 979. The number of benzene rings is 1. The van der Waals surface area contributed by atoms with E-state index in [1.165, 1.54) is 4.90 Å². The number of amides is 1. The van der Waals surface area contributed by atoms with Gasteiger partial charge in [-0.1, -0.05) is 0 Å². The van der Waals surface area contributed by atoms with Crippen LogP contribution in [0.2, 0.25) is 0 Å². The fraction of sp³-hybridized carbons (Fsp3) is 0.524. The molecule has 180 valence electrons. The summed E-state index contributed by atoms with van der Waals surface area (Å²) in [5, 5.41) is 7.90. The average molecular weight is 476 g/mol. The van der Waals surface area contributed by atoms with Gasteiger partial charge in [0.05, 0.1) is 29.1 Å². The third-order valence-electron chi connectivity index (χ3n) is 5.78. The van der Waals surface area contributed by atoms with E-state index >= 15 is 0 Å². The van der Waals surface area contributed by atoms with Crippen LogP contribution in [0.4, 0.5) is 31.1 Å². The SMILES string of the molecule is O=C(OCc1cc(C(F)(F)F)cc(C(F)(F)F)c1)N1CCCn2nc(C3CCNC3)cc2C1. The van der Waals surface area contributed by atoms with Crippen LogP contribution in [0, 0.1) is 0 Å². The molecule has 0 aliphatic carbocycles. The Morgan fingerprint density at radius 2 is 1.76 bits per heavy atom. The second-order valence-corrected chi connectivity index (χ2v) is 8.22. The lowest BCUT2D eigenvalue weighted by Crippen LogP contribution is -2.31. The minimum atomic E-state index is -4.96. The van der Waals surface area contributed by atoms with Crippen LogP contribution in [0.1, 0.15) is 46.8 Å². The number of nitrogens with zero attached hydrogens (tertiary/aromatic N) is 3. The number of hydrogen-bond acceptors (Lipinski definition) is 4. The molecule has 4 rings (SSSR count). The zero-order valence-electron chi connectivity index (χ0n) is 17.5. The van der Waals surface area contributed by atoms with Crippen LogP contribution in [-0.2, 0) is 36.8 Å². The van der Waals surface area contributed by atoms with Crippen molar-refractivity contribution in [2.45, 2.75) is 50.8 Å². The summed E-state index contributed by atoms with van der Waals surface area (Å²) in [6.07, 6.45) is -9.17. The number of aromatic nitrogens is 2. The van der Waals surface area contributed by atoms with E-state index in [4.69, 9.17) is 4.74 Å². The van der Waals surface area contributed by atoms with Crippen molar-refractivity contribution >= 4 is 6.09 Å². The smallest absolute Gasteiger partial charge is 0.416 e. The predicted octanol–water partition coefficient (Wildman–Crippen LogP) is 4.54. The summed E-state index contributed by atoms with van der Waals surface area (Å²) in [5.41, 5.74) is -1.54. The van der Waals surface area contributed by atoms with Crippen LogP contribution in [0.25, 0.3) is 0 Å². The highest BCUT2D eigenvalue weighted by Crippen LogP contribution is 2.36. The van der Waals surface area contributed by atoms with Crippen molar-refractivity contribution in [1.29, 1.82) is 0 Å². The van der Waals surface area contributed by atoms with Gasteiger partial charge in [-0.3, -0.25) is 4.68 Å². The molecular weight excluding hydrogens is 454 g/mol. The minimum absolute atomic E-state index is 0.0404. The molecule has 2 aromatic rings. The van der Waals surface area contributed by atoms with Crippen LogP contribution in [-0.4, -0.2) is 40.4 Å². The minimum Gasteiger partial charge on any atom is -0.445 e. The zero-order valence-corrected chi connectivity index (χ0v) is 17.5. The van der Waals surface area contributed by atoms with Gasteiger partial charge in [0.15, 0.2) is 0 Å². The molecule has 1 aromatic heterocycles. The summed E-state index contributed by atoms with van der Waals surface area (Å²) in [4.78, 5) is 14.0. The molecule has 3 heterocycles. The number of carbonyl (C=O) groups excluding carboxylic acids is 1. The highest BCUT2D eigenvalue weighted by Gasteiger charge is 2.37. The molecule has 2 aliphatic rings. The standard InChI is InChI=1S/C21H22F6N4O2/c22-20(23,24)15-6-13(7-16(8-15)21(25,26)27)12-33-19(32)30-4-1-5-31-17(11-30)9-18(29-31)14-2-3-28-10-14/h6-9,14,28H,1-5,10-12H2. The van der Waals surface area contributed by atoms with Crippen molar-refractivity contribution in [3.8, 4) is 0 Å². The molecular formula is C21H22F6N4O2. The lowest BCUT2D eigenvalue weighted by atomic mass is 10.1. The topological polar surface area (TPSA) is 59.4 Å². The number of rotatable bonds is 3. The summed E-state index contributed by atoms with van der Waals surface area (Å²) >= 11 is 0. The maximum Gasteiger partial charge on any atom is 0.416 e. The Kier molecular flexibility index (Phi) is 6.30. The highest BCUT2D eigenvalue weighted by molar-refractivity contribution is 5.67. The van der Waals surface area contributed by atoms with Crippen molar-refractivity contribution in [2.24, 2.45) is 0 Å². The summed E-state index contributed by atoms with van der Waals surface area (Å²) < 4.78 is 85.1. The Morgan fingerprint density at radius 3 is 2.36 bits per heavy atom. The fourth-order valence-electron chi connectivity index (χ4n) is 4.09. The fourth-order valence-corrected chi connectivity index (χ4v) is 4.09. The summed E-state index contributed by atoms with van der Waals surface area (Å²) in [7, 11) is 0. The second-order valence-electron chi connectivity index (χ2n) is 8.22. The Labute approximate surface area is 185 Å². The van der Waals surface area contributed by atoms with Crippen molar-refractivity contribution in [1.82, 2.24) is 20.0 Å². The summed E-state index contributed by atoms with van der Waals surface area (Å²) in [6, 6.07) is 3.09. The van der Waals surface area contributed by atoms with E-state index in [1.54, 1.807) is 0 Å². The Morgan fingerprint density at radius 1 is 1.06 bits per heavy atom. The van der Waals surface area contributed by atoms with Crippen molar-refractivity contribution in [3.63, 3.8) is 0 Å². The number of nitrogens with one attached hydrogen (secondary N) is 1. The number of fused-ring (bicyclic) bond motifs is 1. The maximum atomic E-state index is 13.0. The number of halogens is 6. The molecule has 1 amide bonds. The number of ether oxygens (including phenoxy) is 1. The van der Waals surface area contributed by atoms with E-state index in [0.717, 1.165) is 30.9 Å². The van der Waals surface area contributed by atoms with E-state index in [1.807, 2.05) is 10.7 Å². The number of carbonyl (C=O) groups is 1. The van der Waals surface area contributed by atoms with Gasteiger partial charge in [-0.2, -0.15) is 31.4 Å². The van der Waals surface area contributed by atoms with Crippen molar-refractivity contribution < 1.29 is 35.9 Å². The van der Waals surface area contributed by atoms with Gasteiger partial charge < -0.3 is 15.0 Å². The first-order chi connectivity index (χ1) is 15.5. The number of aryl methyl sites for hydroxylation is 1. The highest BCUT2D eigenvalue weighted by atomic mass is 19.4. The van der Waals surface area contributed by atoms with Crippen LogP contribution in [0.5, 0.6) is 0 Å². The Hall–Kier alpha value is -2.76. The van der Waals surface area contributed by atoms with Gasteiger partial charge in [-0.15, -0.1) is 0 Å². The van der Waals surface area contributed by atoms with Gasteiger partial charge in [0.25, 0.3) is 0 Å². The molecule has 6 nitrogen and oxygen atoms in total. The van der Waals surface area contributed by atoms with E-state index in [2.05, 4.69) is 10.4 Å². The molecule has 1 unspecified atom stereocenters.